The van der Waals surface area contributed by atoms with E-state index < -0.39 is 0 Å². The summed E-state index contributed by atoms with van der Waals surface area (Å²) in [6, 6.07) is 0.778. The number of hydrogen-bond acceptors (Lipinski definition) is 3. The Morgan fingerprint density at radius 1 is 1.30 bits per heavy atom. The van der Waals surface area contributed by atoms with Gasteiger partial charge >= 0.3 is 0 Å². The molecule has 1 rings (SSSR count). The van der Waals surface area contributed by atoms with Crippen LogP contribution in [0.4, 0.5) is 0 Å². The molecule has 20 heavy (non-hydrogen) atoms. The number of carbonyl (C=O) groups excluding carboxylic acids is 1. The molecule has 0 heterocycles. The molecule has 3 N–H and O–H groups in total. The lowest BCUT2D eigenvalue weighted by Gasteiger charge is -2.38. The summed E-state index contributed by atoms with van der Waals surface area (Å²) in [5.41, 5.74) is 5.89. The quantitative estimate of drug-likeness (QED) is 0.717. The van der Waals surface area contributed by atoms with Crippen LogP contribution in [-0.2, 0) is 4.79 Å². The summed E-state index contributed by atoms with van der Waals surface area (Å²) in [6.45, 7) is 5.68. The van der Waals surface area contributed by atoms with E-state index in [0.717, 1.165) is 18.9 Å². The van der Waals surface area contributed by atoms with Gasteiger partial charge in [-0.2, -0.15) is 0 Å². The molecule has 0 aromatic carbocycles. The number of hydrogen-bond donors (Lipinski definition) is 2. The van der Waals surface area contributed by atoms with Crippen molar-refractivity contribution in [2.75, 3.05) is 20.1 Å². The fourth-order valence-electron chi connectivity index (χ4n) is 3.20. The summed E-state index contributed by atoms with van der Waals surface area (Å²) in [7, 11) is 2.14. The maximum Gasteiger partial charge on any atom is 0.221 e. The van der Waals surface area contributed by atoms with Gasteiger partial charge in [-0.3, -0.25) is 9.69 Å². The molecule has 1 aliphatic rings. The lowest BCUT2D eigenvalue weighted by molar-refractivity contribution is -0.122. The topological polar surface area (TPSA) is 58.4 Å². The van der Waals surface area contributed by atoms with Gasteiger partial charge in [-0.1, -0.05) is 20.3 Å². The highest BCUT2D eigenvalue weighted by Crippen LogP contribution is 2.29. The molecule has 4 nitrogen and oxygen atoms in total. The van der Waals surface area contributed by atoms with E-state index in [1.165, 1.54) is 32.1 Å². The number of likely N-dealkylation sites (N-methyl/N-ethyl adjacent to an activating group) is 1. The second kappa shape index (κ2) is 9.35. The minimum absolute atomic E-state index is 0.136. The maximum absolute atomic E-state index is 11.9. The third-order valence-corrected chi connectivity index (χ3v) is 4.81. The number of nitrogens with two attached hydrogens (primary N) is 1. The first kappa shape index (κ1) is 17.4. The zero-order chi connectivity index (χ0) is 15.0. The lowest BCUT2D eigenvalue weighted by atomic mass is 9.83. The van der Waals surface area contributed by atoms with Crippen LogP contribution in [0.3, 0.4) is 0 Å². The van der Waals surface area contributed by atoms with Crippen molar-refractivity contribution in [2.45, 2.75) is 70.9 Å². The van der Waals surface area contributed by atoms with Crippen LogP contribution in [0.2, 0.25) is 0 Å². The number of carbonyl (C=O) groups is 1. The molecular formula is C16H33N3O. The molecule has 1 amide bonds. The zero-order valence-corrected chi connectivity index (χ0v) is 13.5. The van der Waals surface area contributed by atoms with Crippen molar-refractivity contribution in [1.29, 1.82) is 0 Å². The molecule has 1 aliphatic carbocycles. The predicted molar refractivity (Wildman–Crippen MR) is 84.6 cm³/mol. The first-order valence-electron chi connectivity index (χ1n) is 8.31. The van der Waals surface area contributed by atoms with Crippen LogP contribution in [-0.4, -0.2) is 43.0 Å². The number of nitrogens with zero attached hydrogens (tertiary/aromatic N) is 1. The maximum atomic E-state index is 11.9. The van der Waals surface area contributed by atoms with E-state index in [0.29, 0.717) is 19.0 Å². The largest absolute Gasteiger partial charge is 0.356 e. The van der Waals surface area contributed by atoms with Crippen LogP contribution in [0.15, 0.2) is 0 Å². The van der Waals surface area contributed by atoms with Gasteiger partial charge in [0.1, 0.15) is 0 Å². The van der Waals surface area contributed by atoms with E-state index in [9.17, 15) is 4.79 Å². The second-order valence-electron chi connectivity index (χ2n) is 6.19. The highest BCUT2D eigenvalue weighted by Gasteiger charge is 2.27. The van der Waals surface area contributed by atoms with Crippen molar-refractivity contribution < 1.29 is 4.79 Å². The standard InChI is InChI=1S/C16H33N3O/c1-4-10-18-16(20)11-15(12-17)19(3)14-8-6-13(5-2)7-9-14/h13-15H,4-12,17H2,1-3H3,(H,18,20). The first-order valence-corrected chi connectivity index (χ1v) is 8.31. The summed E-state index contributed by atoms with van der Waals surface area (Å²) in [6.07, 6.45) is 7.96. The molecule has 4 heteroatoms. The highest BCUT2D eigenvalue weighted by molar-refractivity contribution is 5.76. The van der Waals surface area contributed by atoms with Crippen molar-refractivity contribution in [3.05, 3.63) is 0 Å². The van der Waals surface area contributed by atoms with Crippen molar-refractivity contribution in [1.82, 2.24) is 10.2 Å². The van der Waals surface area contributed by atoms with Crippen molar-refractivity contribution in [3.8, 4) is 0 Å². The van der Waals surface area contributed by atoms with Crippen LogP contribution in [0.5, 0.6) is 0 Å². The van der Waals surface area contributed by atoms with Gasteiger partial charge in [0.2, 0.25) is 5.91 Å². The van der Waals surface area contributed by atoms with Gasteiger partial charge in [-0.05, 0) is 45.1 Å². The Morgan fingerprint density at radius 2 is 1.95 bits per heavy atom. The Hall–Kier alpha value is -0.610. The molecule has 1 unspecified atom stereocenters. The van der Waals surface area contributed by atoms with Crippen LogP contribution < -0.4 is 11.1 Å². The van der Waals surface area contributed by atoms with Gasteiger partial charge in [0.15, 0.2) is 0 Å². The Bertz CT molecular complexity index is 275. The summed E-state index contributed by atoms with van der Waals surface area (Å²) in [5.74, 6) is 1.04. The Labute approximate surface area is 124 Å². The van der Waals surface area contributed by atoms with Gasteiger partial charge in [-0.25, -0.2) is 0 Å². The monoisotopic (exact) mass is 283 g/mol. The molecule has 1 saturated carbocycles. The average molecular weight is 283 g/mol. The van der Waals surface area contributed by atoms with E-state index in [4.69, 9.17) is 5.73 Å². The predicted octanol–water partition coefficient (Wildman–Crippen LogP) is 2.13. The Kier molecular flexibility index (Phi) is 8.15. The van der Waals surface area contributed by atoms with Crippen LogP contribution in [0, 0.1) is 5.92 Å². The average Bonchev–Trinajstić information content (AvgIpc) is 2.50. The molecule has 0 bridgehead atoms. The minimum Gasteiger partial charge on any atom is -0.356 e. The van der Waals surface area contributed by atoms with Gasteiger partial charge in [0, 0.05) is 31.6 Å². The normalized spacial score (nSPS) is 24.6. The summed E-state index contributed by atoms with van der Waals surface area (Å²) >= 11 is 0. The van der Waals surface area contributed by atoms with Crippen LogP contribution in [0.25, 0.3) is 0 Å². The van der Waals surface area contributed by atoms with Crippen molar-refractivity contribution in [2.24, 2.45) is 11.7 Å². The second-order valence-corrected chi connectivity index (χ2v) is 6.19. The molecule has 1 fully saturated rings. The molecule has 0 radical (unpaired) electrons. The van der Waals surface area contributed by atoms with E-state index in [-0.39, 0.29) is 11.9 Å². The summed E-state index contributed by atoms with van der Waals surface area (Å²) in [5, 5.41) is 2.95. The van der Waals surface area contributed by atoms with Crippen molar-refractivity contribution in [3.63, 3.8) is 0 Å². The molecule has 0 aliphatic heterocycles. The fourth-order valence-corrected chi connectivity index (χ4v) is 3.20. The molecule has 0 saturated heterocycles. The molecular weight excluding hydrogens is 250 g/mol. The van der Waals surface area contributed by atoms with Gasteiger partial charge < -0.3 is 11.1 Å². The minimum atomic E-state index is 0.136. The van der Waals surface area contributed by atoms with E-state index in [1.54, 1.807) is 0 Å². The SMILES string of the molecule is CCCNC(=O)CC(CN)N(C)C1CCC(CC)CC1. The molecule has 118 valence electrons. The molecule has 0 aromatic rings. The van der Waals surface area contributed by atoms with Gasteiger partial charge in [0.05, 0.1) is 0 Å². The number of nitrogens with one attached hydrogen (secondary N) is 1. The van der Waals surface area contributed by atoms with Gasteiger partial charge in [-0.15, -0.1) is 0 Å². The van der Waals surface area contributed by atoms with Crippen LogP contribution in [0.1, 0.15) is 58.8 Å². The third-order valence-electron chi connectivity index (χ3n) is 4.81. The highest BCUT2D eigenvalue weighted by atomic mass is 16.1. The van der Waals surface area contributed by atoms with Gasteiger partial charge in [0.25, 0.3) is 0 Å². The number of amides is 1. The first-order chi connectivity index (χ1) is 9.62. The number of rotatable bonds is 8. The Morgan fingerprint density at radius 3 is 2.45 bits per heavy atom. The summed E-state index contributed by atoms with van der Waals surface area (Å²) < 4.78 is 0. The fraction of sp³-hybridized carbons (Fsp3) is 0.938. The smallest absolute Gasteiger partial charge is 0.221 e. The van der Waals surface area contributed by atoms with Crippen LogP contribution >= 0.6 is 0 Å². The van der Waals surface area contributed by atoms with E-state index >= 15 is 0 Å². The van der Waals surface area contributed by atoms with E-state index in [2.05, 4.69) is 31.1 Å². The van der Waals surface area contributed by atoms with E-state index in [1.807, 2.05) is 0 Å². The third kappa shape index (κ3) is 5.41. The van der Waals surface area contributed by atoms with Crippen molar-refractivity contribution >= 4 is 5.91 Å². The lowest BCUT2D eigenvalue weighted by Crippen LogP contribution is -2.47. The molecule has 0 spiro atoms. The Balaban J connectivity index is 2.42. The molecule has 1 atom stereocenters. The summed E-state index contributed by atoms with van der Waals surface area (Å²) in [4.78, 5) is 14.2. The molecule has 0 aromatic heterocycles. The zero-order valence-electron chi connectivity index (χ0n) is 13.5.